The predicted octanol–water partition coefficient (Wildman–Crippen LogP) is 3.95. The lowest BCUT2D eigenvalue weighted by molar-refractivity contribution is -0.132. The van der Waals surface area contributed by atoms with Gasteiger partial charge in [-0.3, -0.25) is 0 Å². The molecule has 2 aliphatic heterocycles. The third-order valence-electron chi connectivity index (χ3n) is 5.31. The van der Waals surface area contributed by atoms with Crippen LogP contribution in [0.1, 0.15) is 30.9 Å². The van der Waals surface area contributed by atoms with Gasteiger partial charge in [0.15, 0.2) is 0 Å². The van der Waals surface area contributed by atoms with E-state index in [4.69, 9.17) is 5.73 Å². The van der Waals surface area contributed by atoms with Gasteiger partial charge in [0, 0.05) is 12.7 Å². The van der Waals surface area contributed by atoms with Crippen LogP contribution < -0.4 is 5.73 Å². The summed E-state index contributed by atoms with van der Waals surface area (Å²) in [5, 5.41) is 9.54. The molecular formula is C22H22N2O2. The molecule has 132 valence electrons. The van der Waals surface area contributed by atoms with E-state index in [1.807, 2.05) is 35.4 Å². The monoisotopic (exact) mass is 346 g/mol. The maximum absolute atomic E-state index is 11.6. The Morgan fingerprint density at radius 2 is 2.00 bits per heavy atom. The zero-order valence-electron chi connectivity index (χ0n) is 14.8. The van der Waals surface area contributed by atoms with Gasteiger partial charge >= 0.3 is 5.97 Å². The molecule has 0 unspecified atom stereocenters. The van der Waals surface area contributed by atoms with Crippen molar-refractivity contribution in [1.29, 1.82) is 0 Å². The van der Waals surface area contributed by atoms with Crippen molar-refractivity contribution in [2.75, 3.05) is 0 Å². The molecule has 3 aliphatic rings. The van der Waals surface area contributed by atoms with Gasteiger partial charge in [0.25, 0.3) is 0 Å². The van der Waals surface area contributed by atoms with E-state index in [0.717, 1.165) is 46.4 Å². The standard InChI is InChI=1S/C22H22N2O2/c1-13-18(16-5-3-15(12-23)4-6-16)9-10-24-14(2)19(22(25)26)11-20(21(13)24)17-7-8-17/h3-6,9-11,17H,2,7-8,12,23H2,1H3,(H,25,26). The van der Waals surface area contributed by atoms with E-state index in [1.54, 1.807) is 0 Å². The lowest BCUT2D eigenvalue weighted by Crippen LogP contribution is -2.28. The van der Waals surface area contributed by atoms with Crippen molar-refractivity contribution in [2.45, 2.75) is 26.3 Å². The highest BCUT2D eigenvalue weighted by Gasteiger charge is 2.36. The van der Waals surface area contributed by atoms with Crippen LogP contribution in [0.15, 0.2) is 77.3 Å². The Bertz CT molecular complexity index is 925. The average Bonchev–Trinajstić information content (AvgIpc) is 3.47. The van der Waals surface area contributed by atoms with Gasteiger partial charge in [-0.15, -0.1) is 0 Å². The molecule has 1 aromatic carbocycles. The van der Waals surface area contributed by atoms with Crippen LogP contribution >= 0.6 is 0 Å². The van der Waals surface area contributed by atoms with Crippen LogP contribution in [0, 0.1) is 5.92 Å². The second kappa shape index (κ2) is 6.15. The summed E-state index contributed by atoms with van der Waals surface area (Å²) < 4.78 is 0. The number of allylic oxidation sites excluding steroid dienone is 5. The van der Waals surface area contributed by atoms with Crippen molar-refractivity contribution in [3.8, 4) is 0 Å². The van der Waals surface area contributed by atoms with Gasteiger partial charge in [-0.05, 0) is 65.7 Å². The van der Waals surface area contributed by atoms with Gasteiger partial charge < -0.3 is 15.7 Å². The molecular weight excluding hydrogens is 324 g/mol. The fourth-order valence-electron chi connectivity index (χ4n) is 3.70. The number of nitrogens with zero attached hydrogens (tertiary/aromatic N) is 1. The van der Waals surface area contributed by atoms with Crippen LogP contribution in [0.2, 0.25) is 0 Å². The second-order valence-electron chi connectivity index (χ2n) is 7.01. The first-order valence-electron chi connectivity index (χ1n) is 8.87. The predicted molar refractivity (Wildman–Crippen MR) is 103 cm³/mol. The summed E-state index contributed by atoms with van der Waals surface area (Å²) in [5.74, 6) is -0.484. The number of fused-ring (bicyclic) bond motifs is 1. The summed E-state index contributed by atoms with van der Waals surface area (Å²) in [7, 11) is 0. The quantitative estimate of drug-likeness (QED) is 0.866. The first-order chi connectivity index (χ1) is 12.5. The van der Waals surface area contributed by atoms with Crippen LogP contribution in [0.25, 0.3) is 5.57 Å². The molecule has 4 nitrogen and oxygen atoms in total. The summed E-state index contributed by atoms with van der Waals surface area (Å²) in [6.45, 7) is 6.66. The minimum absolute atomic E-state index is 0.281. The summed E-state index contributed by atoms with van der Waals surface area (Å²) in [5.41, 5.74) is 13.2. The van der Waals surface area contributed by atoms with Gasteiger partial charge in [-0.2, -0.15) is 0 Å². The number of nitrogens with two attached hydrogens (primary N) is 1. The number of aliphatic carboxylic acids is 1. The number of benzene rings is 1. The maximum atomic E-state index is 11.6. The minimum Gasteiger partial charge on any atom is -0.478 e. The van der Waals surface area contributed by atoms with Crippen molar-refractivity contribution in [1.82, 2.24) is 4.90 Å². The molecule has 0 atom stereocenters. The van der Waals surface area contributed by atoms with E-state index in [1.165, 1.54) is 0 Å². The molecule has 1 aliphatic carbocycles. The van der Waals surface area contributed by atoms with E-state index in [2.05, 4.69) is 25.6 Å². The molecule has 0 bridgehead atoms. The number of carboxylic acids is 1. The molecule has 3 N–H and O–H groups in total. The zero-order valence-corrected chi connectivity index (χ0v) is 14.8. The molecule has 0 aromatic heterocycles. The molecule has 0 amide bonds. The Kier molecular flexibility index (Phi) is 3.93. The van der Waals surface area contributed by atoms with E-state index in [9.17, 15) is 9.90 Å². The molecule has 1 aromatic rings. The number of hydrogen-bond donors (Lipinski definition) is 2. The third kappa shape index (κ3) is 2.63. The average molecular weight is 346 g/mol. The normalized spacial score (nSPS) is 19.7. The van der Waals surface area contributed by atoms with Gasteiger partial charge in [0.05, 0.1) is 17.0 Å². The molecule has 4 rings (SSSR count). The highest BCUT2D eigenvalue weighted by atomic mass is 16.4. The Labute approximate surface area is 153 Å². The largest absolute Gasteiger partial charge is 0.478 e. The summed E-state index contributed by atoms with van der Waals surface area (Å²) in [6.07, 6.45) is 8.03. The molecule has 1 saturated carbocycles. The van der Waals surface area contributed by atoms with E-state index in [0.29, 0.717) is 18.2 Å². The first kappa shape index (κ1) is 16.6. The van der Waals surface area contributed by atoms with E-state index >= 15 is 0 Å². The van der Waals surface area contributed by atoms with Gasteiger partial charge in [0.1, 0.15) is 0 Å². The molecule has 2 heterocycles. The molecule has 4 heteroatoms. The van der Waals surface area contributed by atoms with Gasteiger partial charge in [0.2, 0.25) is 0 Å². The van der Waals surface area contributed by atoms with Crippen LogP contribution in [-0.4, -0.2) is 16.0 Å². The SMILES string of the molecule is C=C1C(C(=O)O)=CC(C2CC2)=C2C(C)=C(c3ccc(CN)cc3)C=CN12. The van der Waals surface area contributed by atoms with Crippen molar-refractivity contribution < 1.29 is 9.90 Å². The van der Waals surface area contributed by atoms with E-state index in [-0.39, 0.29) is 5.57 Å². The Hall–Kier alpha value is -2.85. The maximum Gasteiger partial charge on any atom is 0.337 e. The van der Waals surface area contributed by atoms with Crippen molar-refractivity contribution in [2.24, 2.45) is 11.7 Å². The van der Waals surface area contributed by atoms with Crippen LogP contribution in [0.4, 0.5) is 0 Å². The highest BCUT2D eigenvalue weighted by Crippen LogP contribution is 2.47. The number of rotatable bonds is 4. The van der Waals surface area contributed by atoms with Crippen LogP contribution in [0.5, 0.6) is 0 Å². The molecule has 0 saturated heterocycles. The van der Waals surface area contributed by atoms with Crippen molar-refractivity contribution >= 4 is 11.5 Å². The number of carboxylic acid groups (broad SMARTS) is 1. The molecule has 26 heavy (non-hydrogen) atoms. The summed E-state index contributed by atoms with van der Waals surface area (Å²) in [6, 6.07) is 8.28. The first-order valence-corrected chi connectivity index (χ1v) is 8.87. The van der Waals surface area contributed by atoms with Crippen molar-refractivity contribution in [3.05, 3.63) is 88.4 Å². The van der Waals surface area contributed by atoms with Gasteiger partial charge in [-0.25, -0.2) is 4.79 Å². The lowest BCUT2D eigenvalue weighted by Gasteiger charge is -2.36. The van der Waals surface area contributed by atoms with Crippen molar-refractivity contribution in [3.63, 3.8) is 0 Å². The fourth-order valence-corrected chi connectivity index (χ4v) is 3.70. The van der Waals surface area contributed by atoms with E-state index < -0.39 is 5.97 Å². The minimum atomic E-state index is -0.926. The Morgan fingerprint density at radius 3 is 2.58 bits per heavy atom. The third-order valence-corrected chi connectivity index (χ3v) is 5.31. The topological polar surface area (TPSA) is 66.6 Å². The second-order valence-corrected chi connectivity index (χ2v) is 7.01. The summed E-state index contributed by atoms with van der Waals surface area (Å²) >= 11 is 0. The highest BCUT2D eigenvalue weighted by molar-refractivity contribution is 5.94. The van der Waals surface area contributed by atoms with Crippen LogP contribution in [0.3, 0.4) is 0 Å². The zero-order chi connectivity index (χ0) is 18.4. The number of hydrogen-bond acceptors (Lipinski definition) is 3. The fraction of sp³-hybridized carbons (Fsp3) is 0.227. The molecule has 0 radical (unpaired) electrons. The summed E-state index contributed by atoms with van der Waals surface area (Å²) in [4.78, 5) is 13.6. The van der Waals surface area contributed by atoms with Crippen LogP contribution in [-0.2, 0) is 11.3 Å². The molecule has 1 fully saturated rings. The Morgan fingerprint density at radius 1 is 1.31 bits per heavy atom. The smallest absolute Gasteiger partial charge is 0.337 e. The Balaban J connectivity index is 1.86. The number of carbonyl (C=O) groups is 1. The van der Waals surface area contributed by atoms with Gasteiger partial charge in [-0.1, -0.05) is 30.8 Å². The molecule has 0 spiro atoms. The lowest BCUT2D eigenvalue weighted by atomic mass is 9.88.